The summed E-state index contributed by atoms with van der Waals surface area (Å²) >= 11 is 0. The van der Waals surface area contributed by atoms with E-state index in [0.717, 1.165) is 19.6 Å². The van der Waals surface area contributed by atoms with E-state index < -0.39 is 0 Å². The molecule has 0 unspecified atom stereocenters. The van der Waals surface area contributed by atoms with Crippen LogP contribution in [-0.2, 0) is 16.0 Å². The highest BCUT2D eigenvalue weighted by Crippen LogP contribution is 2.30. The summed E-state index contributed by atoms with van der Waals surface area (Å²) in [6, 6.07) is 5.30. The van der Waals surface area contributed by atoms with Gasteiger partial charge in [-0.2, -0.15) is 0 Å². The van der Waals surface area contributed by atoms with Gasteiger partial charge >= 0.3 is 0 Å². The first kappa shape index (κ1) is 26.5. The number of aryl methyl sites for hydroxylation is 1. The minimum absolute atomic E-state index is 0.159. The van der Waals surface area contributed by atoms with Crippen LogP contribution >= 0.6 is 0 Å². The van der Waals surface area contributed by atoms with Gasteiger partial charge in [0.25, 0.3) is 5.56 Å². The Morgan fingerprint density at radius 1 is 1.23 bits per heavy atom. The number of methoxy groups -OCH3 is 1. The van der Waals surface area contributed by atoms with Gasteiger partial charge in [0, 0.05) is 49.1 Å². The van der Waals surface area contributed by atoms with Crippen LogP contribution in [0.3, 0.4) is 0 Å². The summed E-state index contributed by atoms with van der Waals surface area (Å²) in [6.45, 7) is 11.9. The molecule has 0 aliphatic carbocycles. The van der Waals surface area contributed by atoms with Crippen molar-refractivity contribution < 1.29 is 19.0 Å². The molecule has 0 spiro atoms. The zero-order valence-corrected chi connectivity index (χ0v) is 21.2. The molecule has 1 aromatic carbocycles. The van der Waals surface area contributed by atoms with Crippen LogP contribution < -0.4 is 25.2 Å². The van der Waals surface area contributed by atoms with Crippen molar-refractivity contribution in [3.8, 4) is 11.5 Å². The SMILES string of the molecule is CCN(CC)CCOc1cc(NC(=O)CCc2c(C)nc(N3CCOCC3)[nH]c2=O)ccc1OC. The van der Waals surface area contributed by atoms with E-state index >= 15 is 0 Å². The second kappa shape index (κ2) is 13.1. The van der Waals surface area contributed by atoms with Crippen LogP contribution in [0, 0.1) is 6.92 Å². The molecule has 35 heavy (non-hydrogen) atoms. The van der Waals surface area contributed by atoms with Gasteiger partial charge in [-0.3, -0.25) is 14.6 Å². The minimum atomic E-state index is -0.208. The Kier molecular flexibility index (Phi) is 9.92. The van der Waals surface area contributed by atoms with Crippen LogP contribution in [0.4, 0.5) is 11.6 Å². The molecule has 0 bridgehead atoms. The number of benzene rings is 1. The lowest BCUT2D eigenvalue weighted by molar-refractivity contribution is -0.116. The number of H-pyrrole nitrogens is 1. The zero-order valence-electron chi connectivity index (χ0n) is 21.2. The number of hydrogen-bond acceptors (Lipinski definition) is 8. The number of aromatic amines is 1. The number of carbonyl (C=O) groups is 1. The first-order valence-electron chi connectivity index (χ1n) is 12.2. The third-order valence-electron chi connectivity index (χ3n) is 6.13. The van der Waals surface area contributed by atoms with E-state index in [1.54, 1.807) is 32.2 Å². The molecule has 1 aliphatic heterocycles. The highest BCUT2D eigenvalue weighted by atomic mass is 16.5. The maximum Gasteiger partial charge on any atom is 0.255 e. The molecule has 1 amide bonds. The van der Waals surface area contributed by atoms with Gasteiger partial charge in [0.1, 0.15) is 6.61 Å². The van der Waals surface area contributed by atoms with E-state index in [1.807, 2.05) is 4.90 Å². The van der Waals surface area contributed by atoms with Crippen molar-refractivity contribution in [2.24, 2.45) is 0 Å². The van der Waals surface area contributed by atoms with Crippen LogP contribution in [0.1, 0.15) is 31.5 Å². The molecule has 10 heteroatoms. The lowest BCUT2D eigenvalue weighted by Crippen LogP contribution is -2.38. The van der Waals surface area contributed by atoms with E-state index in [0.29, 0.717) is 73.7 Å². The predicted molar refractivity (Wildman–Crippen MR) is 136 cm³/mol. The summed E-state index contributed by atoms with van der Waals surface area (Å²) < 4.78 is 16.7. The number of nitrogens with one attached hydrogen (secondary N) is 2. The topological polar surface area (TPSA) is 109 Å². The molecule has 0 saturated carbocycles. The number of nitrogens with zero attached hydrogens (tertiary/aromatic N) is 3. The Morgan fingerprint density at radius 3 is 2.63 bits per heavy atom. The number of carbonyl (C=O) groups excluding carboxylic acids is 1. The maximum atomic E-state index is 12.7. The molecule has 2 N–H and O–H groups in total. The number of anilines is 2. The van der Waals surface area contributed by atoms with Crippen molar-refractivity contribution >= 4 is 17.5 Å². The first-order valence-corrected chi connectivity index (χ1v) is 12.2. The number of amides is 1. The molecule has 0 radical (unpaired) electrons. The van der Waals surface area contributed by atoms with Crippen molar-refractivity contribution in [3.63, 3.8) is 0 Å². The van der Waals surface area contributed by atoms with Crippen molar-refractivity contribution in [1.29, 1.82) is 0 Å². The number of hydrogen-bond donors (Lipinski definition) is 2. The standard InChI is InChI=1S/C25H37N5O5/c1-5-29(6-2)11-16-35-22-17-19(7-9-21(22)33-4)27-23(31)10-8-20-18(3)26-25(28-24(20)32)30-12-14-34-15-13-30/h7,9,17H,5-6,8,10-16H2,1-4H3,(H,27,31)(H,26,28,32). The average Bonchev–Trinajstić information content (AvgIpc) is 2.86. The highest BCUT2D eigenvalue weighted by molar-refractivity contribution is 5.91. The Labute approximate surface area is 206 Å². The summed E-state index contributed by atoms with van der Waals surface area (Å²) in [4.78, 5) is 37.0. The monoisotopic (exact) mass is 487 g/mol. The third kappa shape index (κ3) is 7.43. The lowest BCUT2D eigenvalue weighted by Gasteiger charge is -2.27. The predicted octanol–water partition coefficient (Wildman–Crippen LogP) is 2.22. The van der Waals surface area contributed by atoms with Gasteiger partial charge in [-0.15, -0.1) is 0 Å². The van der Waals surface area contributed by atoms with Crippen LogP contribution in [-0.4, -0.2) is 80.4 Å². The van der Waals surface area contributed by atoms with Gasteiger partial charge in [-0.1, -0.05) is 13.8 Å². The van der Waals surface area contributed by atoms with E-state index in [1.165, 1.54) is 0 Å². The third-order valence-corrected chi connectivity index (χ3v) is 6.13. The Hall–Kier alpha value is -3.11. The van der Waals surface area contributed by atoms with Crippen LogP contribution in [0.15, 0.2) is 23.0 Å². The number of rotatable bonds is 12. The number of aromatic nitrogens is 2. The molecular formula is C25H37N5O5. The molecule has 2 heterocycles. The first-order chi connectivity index (χ1) is 16.9. The lowest BCUT2D eigenvalue weighted by atomic mass is 10.1. The fraction of sp³-hybridized carbons (Fsp3) is 0.560. The Morgan fingerprint density at radius 2 is 1.97 bits per heavy atom. The second-order valence-electron chi connectivity index (χ2n) is 8.34. The fourth-order valence-corrected chi connectivity index (χ4v) is 3.97. The van der Waals surface area contributed by atoms with E-state index in [-0.39, 0.29) is 17.9 Å². The van der Waals surface area contributed by atoms with Crippen LogP contribution in [0.2, 0.25) is 0 Å². The second-order valence-corrected chi connectivity index (χ2v) is 8.34. The van der Waals surface area contributed by atoms with Gasteiger partial charge in [0.05, 0.1) is 20.3 Å². The van der Waals surface area contributed by atoms with Gasteiger partial charge < -0.3 is 29.3 Å². The minimum Gasteiger partial charge on any atom is -0.493 e. The molecule has 0 atom stereocenters. The van der Waals surface area contributed by atoms with E-state index in [9.17, 15) is 9.59 Å². The number of likely N-dealkylation sites (N-methyl/N-ethyl adjacent to an activating group) is 1. The van der Waals surface area contributed by atoms with Gasteiger partial charge in [0.2, 0.25) is 11.9 Å². The largest absolute Gasteiger partial charge is 0.493 e. The molecule has 1 aliphatic rings. The van der Waals surface area contributed by atoms with E-state index in [2.05, 4.69) is 34.0 Å². The molecule has 1 aromatic heterocycles. The quantitative estimate of drug-likeness (QED) is 0.469. The van der Waals surface area contributed by atoms with Gasteiger partial charge in [-0.05, 0) is 38.6 Å². The Bertz CT molecular complexity index is 1030. The van der Waals surface area contributed by atoms with E-state index in [4.69, 9.17) is 14.2 Å². The number of morpholine rings is 1. The molecule has 1 saturated heterocycles. The average molecular weight is 488 g/mol. The summed E-state index contributed by atoms with van der Waals surface area (Å²) in [5, 5.41) is 2.89. The summed E-state index contributed by atoms with van der Waals surface area (Å²) in [5.74, 6) is 1.54. The molecule has 2 aromatic rings. The molecule has 192 valence electrons. The fourth-order valence-electron chi connectivity index (χ4n) is 3.97. The van der Waals surface area contributed by atoms with Crippen LogP contribution in [0.5, 0.6) is 11.5 Å². The van der Waals surface area contributed by atoms with Crippen molar-refractivity contribution in [2.45, 2.75) is 33.6 Å². The Balaban J connectivity index is 1.58. The molecule has 3 rings (SSSR count). The molecule has 10 nitrogen and oxygen atoms in total. The van der Waals surface area contributed by atoms with Crippen LogP contribution in [0.25, 0.3) is 0 Å². The smallest absolute Gasteiger partial charge is 0.255 e. The van der Waals surface area contributed by atoms with Crippen molar-refractivity contribution in [1.82, 2.24) is 14.9 Å². The van der Waals surface area contributed by atoms with Crippen molar-refractivity contribution in [2.75, 3.05) is 69.9 Å². The number of ether oxygens (including phenoxy) is 3. The molecular weight excluding hydrogens is 450 g/mol. The van der Waals surface area contributed by atoms with Gasteiger partial charge in [-0.25, -0.2) is 4.98 Å². The molecule has 1 fully saturated rings. The zero-order chi connectivity index (χ0) is 25.2. The highest BCUT2D eigenvalue weighted by Gasteiger charge is 2.17. The normalized spacial score (nSPS) is 13.7. The summed E-state index contributed by atoms with van der Waals surface area (Å²) in [5.41, 5.74) is 1.56. The van der Waals surface area contributed by atoms with Gasteiger partial charge in [0.15, 0.2) is 11.5 Å². The summed E-state index contributed by atoms with van der Waals surface area (Å²) in [6.07, 6.45) is 0.458. The summed E-state index contributed by atoms with van der Waals surface area (Å²) in [7, 11) is 1.59. The van der Waals surface area contributed by atoms with Crippen molar-refractivity contribution in [3.05, 3.63) is 39.8 Å². The maximum absolute atomic E-state index is 12.7.